The lowest BCUT2D eigenvalue weighted by Gasteiger charge is -2.12. The molecule has 0 saturated heterocycles. The summed E-state index contributed by atoms with van der Waals surface area (Å²) in [5, 5.41) is 2.61. The van der Waals surface area contributed by atoms with Crippen molar-refractivity contribution in [3.8, 4) is 0 Å². The van der Waals surface area contributed by atoms with Crippen molar-refractivity contribution in [3.63, 3.8) is 0 Å². The maximum Gasteiger partial charge on any atom is 0.340 e. The minimum absolute atomic E-state index is 0.121. The number of carbonyl (C=O) groups is 1. The van der Waals surface area contributed by atoms with Crippen molar-refractivity contribution in [1.82, 2.24) is 0 Å². The molecule has 0 aliphatic rings. The summed E-state index contributed by atoms with van der Waals surface area (Å²) >= 11 is 0. The lowest BCUT2D eigenvalue weighted by molar-refractivity contribution is 0.0602. The number of nitrogens with one attached hydrogen (secondary N) is 1. The second-order valence-electron chi connectivity index (χ2n) is 4.47. The summed E-state index contributed by atoms with van der Waals surface area (Å²) in [6.07, 6.45) is 0. The van der Waals surface area contributed by atoms with Crippen molar-refractivity contribution in [3.05, 3.63) is 53.1 Å². The van der Waals surface area contributed by atoms with Crippen molar-refractivity contribution in [1.29, 1.82) is 0 Å². The van der Waals surface area contributed by atoms with E-state index in [2.05, 4.69) is 10.1 Å². The Morgan fingerprint density at radius 3 is 2.62 bits per heavy atom. The molecule has 3 N–H and O–H groups in total. The van der Waals surface area contributed by atoms with Crippen LogP contribution in [0.5, 0.6) is 0 Å². The monoisotopic (exact) mass is 292 g/mol. The molecule has 0 atom stereocenters. The summed E-state index contributed by atoms with van der Waals surface area (Å²) in [4.78, 5) is 11.5. The Labute approximate surface area is 120 Å². The second-order valence-corrected chi connectivity index (χ2v) is 4.47. The van der Waals surface area contributed by atoms with Crippen LogP contribution in [-0.2, 0) is 4.74 Å². The van der Waals surface area contributed by atoms with Crippen molar-refractivity contribution in [2.45, 2.75) is 6.92 Å². The van der Waals surface area contributed by atoms with Gasteiger partial charge in [-0.1, -0.05) is 6.07 Å². The van der Waals surface area contributed by atoms with E-state index in [0.717, 1.165) is 0 Å². The van der Waals surface area contributed by atoms with Crippen LogP contribution in [0, 0.1) is 18.6 Å². The van der Waals surface area contributed by atoms with Gasteiger partial charge < -0.3 is 15.8 Å². The van der Waals surface area contributed by atoms with Gasteiger partial charge in [-0.2, -0.15) is 0 Å². The molecule has 21 heavy (non-hydrogen) atoms. The van der Waals surface area contributed by atoms with Crippen molar-refractivity contribution >= 4 is 23.0 Å². The van der Waals surface area contributed by atoms with Crippen LogP contribution in [0.3, 0.4) is 0 Å². The van der Waals surface area contributed by atoms with Crippen molar-refractivity contribution in [2.24, 2.45) is 0 Å². The number of halogens is 2. The molecule has 0 amide bonds. The van der Waals surface area contributed by atoms with Crippen LogP contribution in [0.1, 0.15) is 15.9 Å². The maximum atomic E-state index is 13.9. The van der Waals surface area contributed by atoms with Gasteiger partial charge in [-0.3, -0.25) is 0 Å². The molecule has 4 nitrogen and oxygen atoms in total. The largest absolute Gasteiger partial charge is 0.465 e. The van der Waals surface area contributed by atoms with E-state index in [1.54, 1.807) is 0 Å². The number of rotatable bonds is 3. The van der Waals surface area contributed by atoms with E-state index in [9.17, 15) is 13.6 Å². The number of ether oxygens (including phenoxy) is 1. The molecule has 2 aromatic rings. The molecule has 2 aromatic carbocycles. The van der Waals surface area contributed by atoms with Gasteiger partial charge in [0.15, 0.2) is 5.82 Å². The van der Waals surface area contributed by atoms with E-state index in [0.29, 0.717) is 11.3 Å². The molecule has 0 aliphatic heterocycles. The van der Waals surface area contributed by atoms with E-state index in [4.69, 9.17) is 5.73 Å². The number of aryl methyl sites for hydroxylation is 1. The topological polar surface area (TPSA) is 64.3 Å². The average Bonchev–Trinajstić information content (AvgIpc) is 2.48. The summed E-state index contributed by atoms with van der Waals surface area (Å²) < 4.78 is 32.2. The van der Waals surface area contributed by atoms with Gasteiger partial charge in [-0.25, -0.2) is 13.6 Å². The van der Waals surface area contributed by atoms with Crippen LogP contribution >= 0.6 is 0 Å². The third kappa shape index (κ3) is 2.94. The Morgan fingerprint density at radius 1 is 1.24 bits per heavy atom. The molecule has 0 saturated carbocycles. The van der Waals surface area contributed by atoms with Crippen LogP contribution in [0.4, 0.5) is 25.8 Å². The Morgan fingerprint density at radius 2 is 1.95 bits per heavy atom. The van der Waals surface area contributed by atoms with Gasteiger partial charge in [0.2, 0.25) is 0 Å². The normalized spacial score (nSPS) is 10.3. The molecule has 0 heterocycles. The predicted octanol–water partition coefficient (Wildman–Crippen LogP) is 3.39. The van der Waals surface area contributed by atoms with Crippen LogP contribution in [-0.4, -0.2) is 13.1 Å². The van der Waals surface area contributed by atoms with Crippen molar-refractivity contribution in [2.75, 3.05) is 18.2 Å². The van der Waals surface area contributed by atoms with Crippen LogP contribution in [0.15, 0.2) is 30.3 Å². The van der Waals surface area contributed by atoms with Crippen LogP contribution in [0.2, 0.25) is 0 Å². The predicted molar refractivity (Wildman–Crippen MR) is 76.6 cm³/mol. The first-order valence-corrected chi connectivity index (χ1v) is 6.13. The molecule has 0 aliphatic carbocycles. The molecular weight excluding hydrogens is 278 g/mol. The van der Waals surface area contributed by atoms with E-state index < -0.39 is 17.6 Å². The van der Waals surface area contributed by atoms with Gasteiger partial charge >= 0.3 is 5.97 Å². The number of hydrogen-bond acceptors (Lipinski definition) is 4. The fourth-order valence-electron chi connectivity index (χ4n) is 1.84. The molecule has 0 aromatic heterocycles. The first-order valence-electron chi connectivity index (χ1n) is 6.13. The molecule has 0 unspecified atom stereocenters. The lowest BCUT2D eigenvalue weighted by atomic mass is 10.1. The fraction of sp³-hybridized carbons (Fsp3) is 0.133. The van der Waals surface area contributed by atoms with Gasteiger partial charge in [-0.05, 0) is 36.8 Å². The first-order chi connectivity index (χ1) is 9.93. The lowest BCUT2D eigenvalue weighted by Crippen LogP contribution is -2.07. The average molecular weight is 292 g/mol. The minimum Gasteiger partial charge on any atom is -0.465 e. The fourth-order valence-corrected chi connectivity index (χ4v) is 1.84. The molecule has 0 bridgehead atoms. The third-order valence-electron chi connectivity index (χ3n) is 3.01. The van der Waals surface area contributed by atoms with E-state index in [1.807, 2.05) is 0 Å². The molecule has 0 spiro atoms. The molecule has 6 heteroatoms. The number of nitrogen functional groups attached to an aromatic ring is 1. The molecule has 0 radical (unpaired) electrons. The highest BCUT2D eigenvalue weighted by Crippen LogP contribution is 2.27. The Balaban J connectivity index is 2.41. The van der Waals surface area contributed by atoms with E-state index in [-0.39, 0.29) is 16.9 Å². The number of carbonyl (C=O) groups excluding carboxylic acids is 1. The number of esters is 1. The highest BCUT2D eigenvalue weighted by Gasteiger charge is 2.14. The van der Waals surface area contributed by atoms with Gasteiger partial charge in [0.1, 0.15) is 11.5 Å². The standard InChI is InChI=1S/C15H14F2N2O2/c1-8-3-5-11(16)14(13(8)17)19-9-4-6-12(18)10(7-9)15(20)21-2/h3-7,19H,18H2,1-2H3. The first kappa shape index (κ1) is 14.8. The van der Waals surface area contributed by atoms with Crippen LogP contribution < -0.4 is 11.1 Å². The molecule has 110 valence electrons. The number of nitrogens with two attached hydrogens (primary N) is 1. The van der Waals surface area contributed by atoms with E-state index >= 15 is 0 Å². The van der Waals surface area contributed by atoms with Crippen LogP contribution in [0.25, 0.3) is 0 Å². The van der Waals surface area contributed by atoms with E-state index in [1.165, 1.54) is 44.4 Å². The molecule has 0 fully saturated rings. The quantitative estimate of drug-likeness (QED) is 0.672. The summed E-state index contributed by atoms with van der Waals surface area (Å²) in [7, 11) is 1.22. The zero-order chi connectivity index (χ0) is 15.6. The zero-order valence-electron chi connectivity index (χ0n) is 11.5. The maximum absolute atomic E-state index is 13.9. The number of anilines is 3. The SMILES string of the molecule is COC(=O)c1cc(Nc2c(F)ccc(C)c2F)ccc1N. The highest BCUT2D eigenvalue weighted by molar-refractivity contribution is 5.96. The molecule has 2 rings (SSSR count). The Kier molecular flexibility index (Phi) is 4.07. The minimum atomic E-state index is -0.727. The zero-order valence-corrected chi connectivity index (χ0v) is 11.5. The summed E-state index contributed by atoms with van der Waals surface area (Å²) in [5.41, 5.74) is 6.36. The second kappa shape index (κ2) is 5.78. The van der Waals surface area contributed by atoms with Gasteiger partial charge in [0.25, 0.3) is 0 Å². The number of methoxy groups -OCH3 is 1. The van der Waals surface area contributed by atoms with Gasteiger partial charge in [-0.15, -0.1) is 0 Å². The van der Waals surface area contributed by atoms with Gasteiger partial charge in [0, 0.05) is 11.4 Å². The number of benzene rings is 2. The Bertz CT molecular complexity index is 702. The highest BCUT2D eigenvalue weighted by atomic mass is 19.1. The van der Waals surface area contributed by atoms with Crippen molar-refractivity contribution < 1.29 is 18.3 Å². The number of hydrogen-bond donors (Lipinski definition) is 2. The molecular formula is C15H14F2N2O2. The van der Waals surface area contributed by atoms with Gasteiger partial charge in [0.05, 0.1) is 12.7 Å². The summed E-state index contributed by atoms with van der Waals surface area (Å²) in [6, 6.07) is 6.86. The Hall–Kier alpha value is -2.63. The summed E-state index contributed by atoms with van der Waals surface area (Å²) in [5.74, 6) is -2.04. The third-order valence-corrected chi connectivity index (χ3v) is 3.01. The summed E-state index contributed by atoms with van der Waals surface area (Å²) in [6.45, 7) is 1.53. The smallest absolute Gasteiger partial charge is 0.340 e.